The smallest absolute Gasteiger partial charge is 0.0622 e. The fraction of sp³-hybridized carbons (Fsp3) is 1.00. The summed E-state index contributed by atoms with van der Waals surface area (Å²) in [7, 11) is 2.12. The normalized spacial score (nSPS) is 45.2. The molecule has 4 rings (SSSR count). The van der Waals surface area contributed by atoms with Crippen molar-refractivity contribution < 1.29 is 4.74 Å². The van der Waals surface area contributed by atoms with Crippen LogP contribution in [0.5, 0.6) is 0 Å². The summed E-state index contributed by atoms with van der Waals surface area (Å²) in [6, 6.07) is 0.602. The molecule has 0 spiro atoms. The molecule has 4 bridgehead atoms. The number of hydrogen-bond acceptors (Lipinski definition) is 2. The Balaban J connectivity index is 1.69. The highest BCUT2D eigenvalue weighted by Crippen LogP contribution is 2.57. The van der Waals surface area contributed by atoms with Gasteiger partial charge in [-0.1, -0.05) is 0 Å². The molecule has 2 nitrogen and oxygen atoms in total. The lowest BCUT2D eigenvalue weighted by atomic mass is 9.50. The number of likely N-dealkylation sites (N-methyl/N-ethyl adjacent to an activating group) is 1. The second-order valence-electron chi connectivity index (χ2n) is 6.56. The summed E-state index contributed by atoms with van der Waals surface area (Å²) in [6.07, 6.45) is 7.61. The maximum atomic E-state index is 5.68. The Kier molecular flexibility index (Phi) is 3.45. The summed E-state index contributed by atoms with van der Waals surface area (Å²) in [5.74, 6) is 5.07. The van der Waals surface area contributed by atoms with E-state index in [4.69, 9.17) is 4.74 Å². The van der Waals surface area contributed by atoms with Gasteiger partial charge in [0, 0.05) is 12.6 Å². The molecule has 1 N–H and O–H groups in total. The van der Waals surface area contributed by atoms with Crippen LogP contribution >= 0.6 is 0 Å². The number of rotatable bonds is 5. The molecule has 1 unspecified atom stereocenters. The summed E-state index contributed by atoms with van der Waals surface area (Å²) >= 11 is 0. The molecule has 1 atom stereocenters. The third-order valence-corrected chi connectivity index (χ3v) is 5.64. The molecule has 0 aliphatic heterocycles. The second kappa shape index (κ2) is 4.89. The largest absolute Gasteiger partial charge is 0.380 e. The molecule has 4 saturated carbocycles. The third kappa shape index (κ3) is 2.15. The van der Waals surface area contributed by atoms with Gasteiger partial charge in [-0.15, -0.1) is 0 Å². The molecular weight excluding hydrogens is 210 g/mol. The zero-order valence-electron chi connectivity index (χ0n) is 11.3. The van der Waals surface area contributed by atoms with Crippen molar-refractivity contribution in [1.82, 2.24) is 5.32 Å². The fourth-order valence-corrected chi connectivity index (χ4v) is 5.26. The lowest BCUT2D eigenvalue weighted by Gasteiger charge is -2.56. The highest BCUT2D eigenvalue weighted by molar-refractivity contribution is 5.01. The van der Waals surface area contributed by atoms with Crippen LogP contribution in [0.4, 0.5) is 0 Å². The van der Waals surface area contributed by atoms with Gasteiger partial charge < -0.3 is 10.1 Å². The molecular formula is C15H27NO. The van der Waals surface area contributed by atoms with Crippen molar-refractivity contribution in [2.75, 3.05) is 20.3 Å². The molecule has 4 aliphatic carbocycles. The van der Waals surface area contributed by atoms with Crippen LogP contribution in [0.3, 0.4) is 0 Å². The van der Waals surface area contributed by atoms with E-state index in [1.165, 1.54) is 25.7 Å². The van der Waals surface area contributed by atoms with E-state index < -0.39 is 0 Å². The summed E-state index contributed by atoms with van der Waals surface area (Å²) in [5, 5.41) is 3.54. The Morgan fingerprint density at radius 2 is 1.65 bits per heavy atom. The highest BCUT2D eigenvalue weighted by atomic mass is 16.5. The van der Waals surface area contributed by atoms with Crippen molar-refractivity contribution in [1.29, 1.82) is 0 Å². The van der Waals surface area contributed by atoms with Crippen LogP contribution in [0.2, 0.25) is 0 Å². The molecule has 0 heterocycles. The molecule has 17 heavy (non-hydrogen) atoms. The van der Waals surface area contributed by atoms with Crippen LogP contribution in [-0.4, -0.2) is 26.3 Å². The monoisotopic (exact) mass is 237 g/mol. The highest BCUT2D eigenvalue weighted by Gasteiger charge is 2.50. The van der Waals surface area contributed by atoms with Gasteiger partial charge >= 0.3 is 0 Å². The summed E-state index contributed by atoms with van der Waals surface area (Å²) in [4.78, 5) is 0. The first-order valence-electron chi connectivity index (χ1n) is 7.56. The van der Waals surface area contributed by atoms with Crippen molar-refractivity contribution in [3.05, 3.63) is 0 Å². The molecule has 98 valence electrons. The summed E-state index contributed by atoms with van der Waals surface area (Å²) < 4.78 is 5.68. The predicted molar refractivity (Wildman–Crippen MR) is 69.9 cm³/mol. The maximum absolute atomic E-state index is 5.68. The first-order chi connectivity index (χ1) is 8.31. The summed E-state index contributed by atoms with van der Waals surface area (Å²) in [5.41, 5.74) is 0. The van der Waals surface area contributed by atoms with Crippen LogP contribution in [0.15, 0.2) is 0 Å². The molecule has 4 fully saturated rings. The SMILES string of the molecule is CCOCC(NC)C1C2CC3CC(C2)CC1C3. The van der Waals surface area contributed by atoms with E-state index in [-0.39, 0.29) is 0 Å². The zero-order chi connectivity index (χ0) is 11.8. The van der Waals surface area contributed by atoms with E-state index in [2.05, 4.69) is 19.3 Å². The minimum absolute atomic E-state index is 0.602. The third-order valence-electron chi connectivity index (χ3n) is 5.64. The fourth-order valence-electron chi connectivity index (χ4n) is 5.26. The quantitative estimate of drug-likeness (QED) is 0.794. The zero-order valence-corrected chi connectivity index (χ0v) is 11.3. The minimum atomic E-state index is 0.602. The molecule has 0 amide bonds. The lowest BCUT2D eigenvalue weighted by Crippen LogP contribution is -2.53. The Hall–Kier alpha value is -0.0800. The van der Waals surface area contributed by atoms with Crippen molar-refractivity contribution in [2.24, 2.45) is 29.6 Å². The van der Waals surface area contributed by atoms with Crippen LogP contribution in [0, 0.1) is 29.6 Å². The van der Waals surface area contributed by atoms with Crippen LogP contribution < -0.4 is 5.32 Å². The average Bonchev–Trinajstić information content (AvgIpc) is 2.31. The van der Waals surface area contributed by atoms with Crippen molar-refractivity contribution in [2.45, 2.75) is 45.1 Å². The van der Waals surface area contributed by atoms with E-state index in [1.807, 2.05) is 0 Å². The predicted octanol–water partition coefficient (Wildman–Crippen LogP) is 2.68. The van der Waals surface area contributed by atoms with Crippen molar-refractivity contribution >= 4 is 0 Å². The molecule has 0 aromatic rings. The van der Waals surface area contributed by atoms with Crippen LogP contribution in [0.25, 0.3) is 0 Å². The van der Waals surface area contributed by atoms with Crippen LogP contribution in [0.1, 0.15) is 39.0 Å². The van der Waals surface area contributed by atoms with E-state index in [0.717, 1.165) is 42.8 Å². The van der Waals surface area contributed by atoms with Gasteiger partial charge in [-0.05, 0) is 75.7 Å². The Morgan fingerprint density at radius 3 is 2.12 bits per heavy atom. The van der Waals surface area contributed by atoms with E-state index >= 15 is 0 Å². The minimum Gasteiger partial charge on any atom is -0.380 e. The van der Waals surface area contributed by atoms with E-state index in [0.29, 0.717) is 6.04 Å². The summed E-state index contributed by atoms with van der Waals surface area (Å²) in [6.45, 7) is 3.87. The van der Waals surface area contributed by atoms with Gasteiger partial charge in [-0.2, -0.15) is 0 Å². The molecule has 0 aromatic carbocycles. The van der Waals surface area contributed by atoms with Gasteiger partial charge in [0.1, 0.15) is 0 Å². The molecule has 4 aliphatic rings. The Labute approximate surface area is 105 Å². The van der Waals surface area contributed by atoms with Crippen molar-refractivity contribution in [3.63, 3.8) is 0 Å². The second-order valence-corrected chi connectivity index (χ2v) is 6.56. The first-order valence-corrected chi connectivity index (χ1v) is 7.56. The Bertz CT molecular complexity index is 238. The molecule has 2 heteroatoms. The Morgan fingerprint density at radius 1 is 1.06 bits per heavy atom. The standard InChI is InChI=1S/C15H27NO/c1-3-17-9-14(16-2)15-12-5-10-4-11(7-12)8-13(15)6-10/h10-16H,3-9H2,1-2H3. The first kappa shape index (κ1) is 12.0. The van der Waals surface area contributed by atoms with E-state index in [9.17, 15) is 0 Å². The van der Waals surface area contributed by atoms with Crippen molar-refractivity contribution in [3.8, 4) is 0 Å². The molecule has 0 aromatic heterocycles. The maximum Gasteiger partial charge on any atom is 0.0622 e. The van der Waals surface area contributed by atoms with Gasteiger partial charge in [0.2, 0.25) is 0 Å². The van der Waals surface area contributed by atoms with Gasteiger partial charge in [0.15, 0.2) is 0 Å². The van der Waals surface area contributed by atoms with E-state index in [1.54, 1.807) is 6.42 Å². The number of nitrogens with one attached hydrogen (secondary N) is 1. The molecule has 0 saturated heterocycles. The van der Waals surface area contributed by atoms with Gasteiger partial charge in [0.05, 0.1) is 6.61 Å². The van der Waals surface area contributed by atoms with Gasteiger partial charge in [-0.3, -0.25) is 0 Å². The van der Waals surface area contributed by atoms with Gasteiger partial charge in [0.25, 0.3) is 0 Å². The lowest BCUT2D eigenvalue weighted by molar-refractivity contribution is -0.0630. The number of ether oxygens (including phenoxy) is 1. The van der Waals surface area contributed by atoms with Gasteiger partial charge in [-0.25, -0.2) is 0 Å². The van der Waals surface area contributed by atoms with Crippen LogP contribution in [-0.2, 0) is 4.74 Å². The topological polar surface area (TPSA) is 21.3 Å². The average molecular weight is 237 g/mol. The number of hydrogen-bond donors (Lipinski definition) is 1. The molecule has 0 radical (unpaired) electrons.